The van der Waals surface area contributed by atoms with Crippen LogP contribution in [0.2, 0.25) is 0 Å². The van der Waals surface area contributed by atoms with E-state index < -0.39 is 0 Å². The van der Waals surface area contributed by atoms with Gasteiger partial charge in [-0.1, -0.05) is 38.0 Å². The SMILES string of the molecule is CC1(CNCc2ccccc2N2CCOCC2)CCCCC1O. The van der Waals surface area contributed by atoms with E-state index >= 15 is 0 Å². The molecule has 2 atom stereocenters. The molecule has 0 amide bonds. The minimum Gasteiger partial charge on any atom is -0.393 e. The van der Waals surface area contributed by atoms with Crippen LogP contribution in [0, 0.1) is 5.41 Å². The fourth-order valence-corrected chi connectivity index (χ4v) is 3.84. The average molecular weight is 318 g/mol. The second-order valence-electron chi connectivity index (χ2n) is 7.25. The molecule has 1 heterocycles. The van der Waals surface area contributed by atoms with Crippen LogP contribution in [0.5, 0.6) is 0 Å². The number of aliphatic hydroxyl groups excluding tert-OH is 1. The van der Waals surface area contributed by atoms with Crippen LogP contribution in [0.1, 0.15) is 38.2 Å². The number of hydrogen-bond donors (Lipinski definition) is 2. The molecule has 1 aromatic rings. The molecule has 4 heteroatoms. The molecule has 23 heavy (non-hydrogen) atoms. The fraction of sp³-hybridized carbons (Fsp3) is 0.684. The van der Waals surface area contributed by atoms with Crippen molar-refractivity contribution in [2.24, 2.45) is 5.41 Å². The summed E-state index contributed by atoms with van der Waals surface area (Å²) >= 11 is 0. The van der Waals surface area contributed by atoms with Gasteiger partial charge in [-0.25, -0.2) is 0 Å². The molecule has 2 aliphatic rings. The molecule has 4 nitrogen and oxygen atoms in total. The van der Waals surface area contributed by atoms with Gasteiger partial charge in [0.05, 0.1) is 19.3 Å². The Labute approximate surface area is 139 Å². The first-order valence-corrected chi connectivity index (χ1v) is 8.98. The summed E-state index contributed by atoms with van der Waals surface area (Å²) in [5, 5.41) is 13.9. The fourth-order valence-electron chi connectivity index (χ4n) is 3.84. The molecular weight excluding hydrogens is 288 g/mol. The number of rotatable bonds is 5. The number of aliphatic hydroxyl groups is 1. The second kappa shape index (κ2) is 7.65. The minimum atomic E-state index is -0.168. The summed E-state index contributed by atoms with van der Waals surface area (Å²) in [6, 6.07) is 8.63. The van der Waals surface area contributed by atoms with Gasteiger partial charge < -0.3 is 20.1 Å². The van der Waals surface area contributed by atoms with E-state index in [2.05, 4.69) is 41.4 Å². The predicted octanol–water partition coefficient (Wildman–Crippen LogP) is 2.55. The van der Waals surface area contributed by atoms with Gasteiger partial charge in [-0.15, -0.1) is 0 Å². The van der Waals surface area contributed by atoms with Crippen molar-refractivity contribution in [3.05, 3.63) is 29.8 Å². The zero-order valence-electron chi connectivity index (χ0n) is 14.3. The van der Waals surface area contributed by atoms with E-state index in [1.807, 2.05) is 0 Å². The van der Waals surface area contributed by atoms with Crippen molar-refractivity contribution < 1.29 is 9.84 Å². The number of benzene rings is 1. The van der Waals surface area contributed by atoms with E-state index in [0.29, 0.717) is 0 Å². The molecule has 2 unspecified atom stereocenters. The number of para-hydroxylation sites is 1. The average Bonchev–Trinajstić information content (AvgIpc) is 2.59. The standard InChI is InChI=1S/C19H30N2O2/c1-19(9-5-4-8-18(19)22)15-20-14-16-6-2-3-7-17(16)21-10-12-23-13-11-21/h2-3,6-7,18,20,22H,4-5,8-15H2,1H3. The molecule has 0 radical (unpaired) electrons. The van der Waals surface area contributed by atoms with Crippen LogP contribution in [-0.4, -0.2) is 44.1 Å². The third-order valence-corrected chi connectivity index (χ3v) is 5.47. The number of nitrogens with zero attached hydrogens (tertiary/aromatic N) is 1. The smallest absolute Gasteiger partial charge is 0.0642 e. The summed E-state index contributed by atoms with van der Waals surface area (Å²) in [7, 11) is 0. The number of nitrogens with one attached hydrogen (secondary N) is 1. The van der Waals surface area contributed by atoms with Gasteiger partial charge in [0, 0.05) is 37.3 Å². The van der Waals surface area contributed by atoms with Crippen molar-refractivity contribution in [3.8, 4) is 0 Å². The lowest BCUT2D eigenvalue weighted by atomic mass is 9.73. The van der Waals surface area contributed by atoms with Crippen molar-refractivity contribution >= 4 is 5.69 Å². The summed E-state index contributed by atoms with van der Waals surface area (Å²) in [6.07, 6.45) is 4.30. The first kappa shape index (κ1) is 16.7. The topological polar surface area (TPSA) is 44.7 Å². The van der Waals surface area contributed by atoms with Crippen molar-refractivity contribution in [3.63, 3.8) is 0 Å². The van der Waals surface area contributed by atoms with Crippen molar-refractivity contribution in [1.29, 1.82) is 0 Å². The highest BCUT2D eigenvalue weighted by atomic mass is 16.5. The first-order chi connectivity index (χ1) is 11.2. The lowest BCUT2D eigenvalue weighted by Crippen LogP contribution is -2.43. The zero-order valence-corrected chi connectivity index (χ0v) is 14.3. The molecule has 1 saturated carbocycles. The molecule has 1 saturated heterocycles. The normalized spacial score (nSPS) is 28.8. The molecule has 2 N–H and O–H groups in total. The Morgan fingerprint density at radius 3 is 2.83 bits per heavy atom. The Morgan fingerprint density at radius 2 is 2.04 bits per heavy atom. The molecule has 0 bridgehead atoms. The van der Waals surface area contributed by atoms with Crippen LogP contribution in [0.25, 0.3) is 0 Å². The summed E-state index contributed by atoms with van der Waals surface area (Å²) in [4.78, 5) is 2.41. The van der Waals surface area contributed by atoms with Gasteiger partial charge in [-0.05, 0) is 24.5 Å². The maximum absolute atomic E-state index is 10.3. The highest BCUT2D eigenvalue weighted by Gasteiger charge is 2.34. The Bertz CT molecular complexity index is 502. The Morgan fingerprint density at radius 1 is 1.26 bits per heavy atom. The molecule has 2 fully saturated rings. The van der Waals surface area contributed by atoms with Gasteiger partial charge in [0.2, 0.25) is 0 Å². The highest BCUT2D eigenvalue weighted by Crippen LogP contribution is 2.35. The summed E-state index contributed by atoms with van der Waals surface area (Å²) in [5.41, 5.74) is 2.67. The van der Waals surface area contributed by atoms with Crippen LogP contribution in [0.3, 0.4) is 0 Å². The molecule has 0 aromatic heterocycles. The third-order valence-electron chi connectivity index (χ3n) is 5.47. The van der Waals surface area contributed by atoms with Gasteiger partial charge in [0.25, 0.3) is 0 Å². The van der Waals surface area contributed by atoms with Gasteiger partial charge >= 0.3 is 0 Å². The van der Waals surface area contributed by atoms with E-state index in [-0.39, 0.29) is 11.5 Å². The first-order valence-electron chi connectivity index (χ1n) is 8.98. The molecule has 128 valence electrons. The number of ether oxygens (including phenoxy) is 1. The summed E-state index contributed by atoms with van der Waals surface area (Å²) in [5.74, 6) is 0. The molecule has 0 spiro atoms. The van der Waals surface area contributed by atoms with E-state index in [0.717, 1.165) is 58.7 Å². The van der Waals surface area contributed by atoms with Gasteiger partial charge in [-0.2, -0.15) is 0 Å². The van der Waals surface area contributed by atoms with Gasteiger partial charge in [-0.3, -0.25) is 0 Å². The van der Waals surface area contributed by atoms with E-state index in [1.54, 1.807) is 0 Å². The van der Waals surface area contributed by atoms with Crippen molar-refractivity contribution in [2.75, 3.05) is 37.7 Å². The highest BCUT2D eigenvalue weighted by molar-refractivity contribution is 5.53. The third kappa shape index (κ3) is 4.06. The van der Waals surface area contributed by atoms with Gasteiger partial charge in [0.1, 0.15) is 0 Å². The van der Waals surface area contributed by atoms with Crippen LogP contribution in [0.15, 0.2) is 24.3 Å². The van der Waals surface area contributed by atoms with Crippen molar-refractivity contribution in [2.45, 2.75) is 45.3 Å². The van der Waals surface area contributed by atoms with Crippen LogP contribution >= 0.6 is 0 Å². The van der Waals surface area contributed by atoms with E-state index in [1.165, 1.54) is 17.7 Å². The van der Waals surface area contributed by atoms with Crippen LogP contribution in [-0.2, 0) is 11.3 Å². The lowest BCUT2D eigenvalue weighted by molar-refractivity contribution is 0.00115. The lowest BCUT2D eigenvalue weighted by Gasteiger charge is -2.39. The molecule has 1 aromatic carbocycles. The van der Waals surface area contributed by atoms with Crippen LogP contribution < -0.4 is 10.2 Å². The Kier molecular flexibility index (Phi) is 5.57. The zero-order chi connectivity index (χ0) is 16.1. The monoisotopic (exact) mass is 318 g/mol. The molecular formula is C19H30N2O2. The largest absolute Gasteiger partial charge is 0.393 e. The number of hydrogen-bond acceptors (Lipinski definition) is 4. The van der Waals surface area contributed by atoms with E-state index in [4.69, 9.17) is 4.74 Å². The summed E-state index contributed by atoms with van der Waals surface area (Å²) < 4.78 is 5.46. The molecule has 3 rings (SSSR count). The predicted molar refractivity (Wildman–Crippen MR) is 93.8 cm³/mol. The van der Waals surface area contributed by atoms with Gasteiger partial charge in [0.15, 0.2) is 0 Å². The molecule has 1 aliphatic heterocycles. The Balaban J connectivity index is 1.60. The quantitative estimate of drug-likeness (QED) is 0.876. The maximum Gasteiger partial charge on any atom is 0.0642 e. The van der Waals surface area contributed by atoms with Crippen molar-refractivity contribution in [1.82, 2.24) is 5.32 Å². The van der Waals surface area contributed by atoms with E-state index in [9.17, 15) is 5.11 Å². The minimum absolute atomic E-state index is 0.0200. The summed E-state index contributed by atoms with van der Waals surface area (Å²) in [6.45, 7) is 7.51. The molecule has 1 aliphatic carbocycles. The van der Waals surface area contributed by atoms with Crippen LogP contribution in [0.4, 0.5) is 5.69 Å². The number of morpholine rings is 1. The maximum atomic E-state index is 10.3. The second-order valence-corrected chi connectivity index (χ2v) is 7.25. The Hall–Kier alpha value is -1.10. The number of anilines is 1.